The van der Waals surface area contributed by atoms with Crippen molar-refractivity contribution in [1.29, 1.82) is 0 Å². The second-order valence-corrected chi connectivity index (χ2v) is 3.01. The van der Waals surface area contributed by atoms with E-state index in [2.05, 4.69) is 4.52 Å². The van der Waals surface area contributed by atoms with Crippen LogP contribution in [0.4, 0.5) is 0 Å². The highest BCUT2D eigenvalue weighted by atomic mass is 31.2. The Morgan fingerprint density at radius 1 is 2.00 bits per heavy atom. The molecule has 0 fully saturated rings. The van der Waals surface area contributed by atoms with Crippen LogP contribution in [0.3, 0.4) is 0 Å². The molecular weight excluding hydrogens is 117 g/mol. The van der Waals surface area contributed by atoms with Gasteiger partial charge in [-0.25, -0.2) is 0 Å². The lowest BCUT2D eigenvalue weighted by Crippen LogP contribution is -2.00. The largest absolute Gasteiger partial charge is 0.341 e. The van der Waals surface area contributed by atoms with E-state index in [4.69, 9.17) is 10.6 Å². The van der Waals surface area contributed by atoms with Crippen LogP contribution in [0, 0.1) is 0 Å². The Morgan fingerprint density at radius 2 is 2.43 bits per heavy atom. The summed E-state index contributed by atoms with van der Waals surface area (Å²) in [5.74, 6) is 0. The predicted molar refractivity (Wildman–Crippen MR) is 25.9 cm³/mol. The van der Waals surface area contributed by atoms with E-state index in [1.54, 1.807) is 0 Å². The summed E-state index contributed by atoms with van der Waals surface area (Å²) < 4.78 is 14.2. The molecule has 0 bridgehead atoms. The van der Waals surface area contributed by atoms with E-state index >= 15 is 0 Å². The zero-order chi connectivity index (χ0) is 5.91. The van der Waals surface area contributed by atoms with Gasteiger partial charge in [0.1, 0.15) is 0 Å². The monoisotopic (exact) mass is 125 g/mol. The van der Waals surface area contributed by atoms with Crippen LogP contribution < -0.4 is 5.73 Å². The minimum atomic E-state index is -3.38. The fraction of sp³-hybridized carbons (Fsp3) is 1.00. The molecule has 0 radical (unpaired) electrons. The molecule has 0 saturated carbocycles. The van der Waals surface area contributed by atoms with Gasteiger partial charge in [0.15, 0.2) is 0 Å². The summed E-state index contributed by atoms with van der Waals surface area (Å²) in [7, 11) is -2.23. The van der Waals surface area contributed by atoms with Gasteiger partial charge in [0.2, 0.25) is 0 Å². The van der Waals surface area contributed by atoms with Crippen LogP contribution in [0.15, 0.2) is 0 Å². The zero-order valence-corrected chi connectivity index (χ0v) is 4.89. The maximum absolute atomic E-state index is 10.2. The van der Waals surface area contributed by atoms with E-state index in [0.717, 1.165) is 7.11 Å². The van der Waals surface area contributed by atoms with Crippen LogP contribution >= 0.6 is 7.60 Å². The molecule has 5 heteroatoms. The van der Waals surface area contributed by atoms with E-state index in [0.29, 0.717) is 0 Å². The summed E-state index contributed by atoms with van der Waals surface area (Å²) in [5.41, 5.74) is 4.78. The van der Waals surface area contributed by atoms with Gasteiger partial charge < -0.3 is 15.2 Å². The van der Waals surface area contributed by atoms with Crippen LogP contribution in [-0.2, 0) is 9.09 Å². The van der Waals surface area contributed by atoms with Crippen molar-refractivity contribution in [2.45, 2.75) is 0 Å². The van der Waals surface area contributed by atoms with Crippen molar-refractivity contribution >= 4 is 7.60 Å². The highest BCUT2D eigenvalue weighted by Gasteiger charge is 2.11. The van der Waals surface area contributed by atoms with Crippen molar-refractivity contribution < 1.29 is 14.0 Å². The molecule has 0 aromatic heterocycles. The normalized spacial score (nSPS) is 18.7. The van der Waals surface area contributed by atoms with Crippen LogP contribution in [-0.4, -0.2) is 18.3 Å². The molecule has 0 amide bonds. The Kier molecular flexibility index (Phi) is 2.46. The highest BCUT2D eigenvalue weighted by molar-refractivity contribution is 7.52. The second kappa shape index (κ2) is 2.43. The van der Waals surface area contributed by atoms with Crippen molar-refractivity contribution in [1.82, 2.24) is 0 Å². The third kappa shape index (κ3) is 2.76. The van der Waals surface area contributed by atoms with Gasteiger partial charge >= 0.3 is 7.60 Å². The molecule has 4 nitrogen and oxygen atoms in total. The third-order valence-electron chi connectivity index (χ3n) is 0.516. The molecule has 1 unspecified atom stereocenters. The first-order valence-corrected chi connectivity index (χ1v) is 3.46. The Morgan fingerprint density at radius 3 is 2.43 bits per heavy atom. The summed E-state index contributed by atoms with van der Waals surface area (Å²) in [5, 5.41) is 0. The Balaban J connectivity index is 3.61. The average molecular weight is 125 g/mol. The van der Waals surface area contributed by atoms with Crippen LogP contribution in [0.5, 0.6) is 0 Å². The quantitative estimate of drug-likeness (QED) is 0.498. The van der Waals surface area contributed by atoms with Gasteiger partial charge in [-0.15, -0.1) is 0 Å². The van der Waals surface area contributed by atoms with Crippen molar-refractivity contribution in [3.63, 3.8) is 0 Å². The van der Waals surface area contributed by atoms with Gasteiger partial charge in [-0.05, 0) is 0 Å². The molecule has 0 aliphatic carbocycles. The first-order chi connectivity index (χ1) is 3.12. The topological polar surface area (TPSA) is 72.5 Å². The van der Waals surface area contributed by atoms with Crippen molar-refractivity contribution in [3.05, 3.63) is 0 Å². The van der Waals surface area contributed by atoms with Crippen molar-refractivity contribution in [3.8, 4) is 0 Å². The van der Waals surface area contributed by atoms with Crippen LogP contribution in [0.1, 0.15) is 0 Å². The SMILES string of the molecule is COP(=O)(O)CN. The average Bonchev–Trinajstić information content (AvgIpc) is 1.68. The molecule has 44 valence electrons. The molecule has 0 spiro atoms. The summed E-state index contributed by atoms with van der Waals surface area (Å²) >= 11 is 0. The molecule has 0 aromatic carbocycles. The van der Waals surface area contributed by atoms with Gasteiger partial charge in [-0.1, -0.05) is 0 Å². The standard InChI is InChI=1S/C2H8NO3P/c1-6-7(4,5)2-3/h2-3H2,1H3,(H,4,5). The van der Waals surface area contributed by atoms with Crippen molar-refractivity contribution in [2.75, 3.05) is 13.4 Å². The minimum absolute atomic E-state index is 0.316. The maximum Gasteiger partial charge on any atom is 0.341 e. The Labute approximate surface area is 41.8 Å². The maximum atomic E-state index is 10.2. The van der Waals surface area contributed by atoms with Gasteiger partial charge in [-0.2, -0.15) is 0 Å². The molecule has 0 aliphatic rings. The molecule has 0 aliphatic heterocycles. The molecule has 7 heavy (non-hydrogen) atoms. The third-order valence-corrected chi connectivity index (χ3v) is 1.55. The first kappa shape index (κ1) is 7.11. The van der Waals surface area contributed by atoms with E-state index in [1.165, 1.54) is 0 Å². The number of hydrogen-bond acceptors (Lipinski definition) is 3. The van der Waals surface area contributed by atoms with Gasteiger partial charge in [0.05, 0.1) is 6.29 Å². The van der Waals surface area contributed by atoms with Crippen LogP contribution in [0.2, 0.25) is 0 Å². The molecule has 3 N–H and O–H groups in total. The summed E-state index contributed by atoms with van der Waals surface area (Å²) in [4.78, 5) is 8.34. The fourth-order valence-electron chi connectivity index (χ4n) is 0.0745. The van der Waals surface area contributed by atoms with Crippen molar-refractivity contribution in [2.24, 2.45) is 5.73 Å². The van der Waals surface area contributed by atoms with Gasteiger partial charge in [0.25, 0.3) is 0 Å². The Bertz CT molecular complexity index is 84.9. The number of rotatable bonds is 2. The summed E-state index contributed by atoms with van der Waals surface area (Å²) in [6.07, 6.45) is -0.316. The van der Waals surface area contributed by atoms with Crippen LogP contribution in [0.25, 0.3) is 0 Å². The lowest BCUT2D eigenvalue weighted by molar-refractivity contribution is 0.316. The molecule has 1 atom stereocenters. The lowest BCUT2D eigenvalue weighted by atomic mass is 11.6. The van der Waals surface area contributed by atoms with E-state index in [-0.39, 0.29) is 6.29 Å². The van der Waals surface area contributed by atoms with E-state index in [9.17, 15) is 4.57 Å². The highest BCUT2D eigenvalue weighted by Crippen LogP contribution is 2.37. The first-order valence-electron chi connectivity index (χ1n) is 1.70. The van der Waals surface area contributed by atoms with E-state index < -0.39 is 7.60 Å². The number of nitrogens with two attached hydrogens (primary N) is 1. The minimum Gasteiger partial charge on any atom is -0.323 e. The molecule has 0 rings (SSSR count). The fourth-order valence-corrected chi connectivity index (χ4v) is 0.224. The smallest absolute Gasteiger partial charge is 0.323 e. The lowest BCUT2D eigenvalue weighted by Gasteiger charge is -2.01. The summed E-state index contributed by atoms with van der Waals surface area (Å²) in [6.45, 7) is 0. The zero-order valence-electron chi connectivity index (χ0n) is 4.00. The van der Waals surface area contributed by atoms with Gasteiger partial charge in [-0.3, -0.25) is 4.57 Å². The molecular formula is C2H8NO3P. The second-order valence-electron chi connectivity index (χ2n) is 1.00. The summed E-state index contributed by atoms with van der Waals surface area (Å²) in [6, 6.07) is 0. The number of hydrogen-bond donors (Lipinski definition) is 2. The van der Waals surface area contributed by atoms with Gasteiger partial charge in [0, 0.05) is 7.11 Å². The Hall–Kier alpha value is 0.110. The molecule has 0 heterocycles. The predicted octanol–water partition coefficient (Wildman–Crippen LogP) is -0.266. The molecule has 0 saturated heterocycles. The van der Waals surface area contributed by atoms with E-state index in [1.807, 2.05) is 0 Å². The molecule has 0 aromatic rings.